The minimum Gasteiger partial charge on any atom is -0.396 e. The van der Waals surface area contributed by atoms with Gasteiger partial charge in [0.05, 0.1) is 17.5 Å². The van der Waals surface area contributed by atoms with E-state index in [0.29, 0.717) is 16.5 Å². The van der Waals surface area contributed by atoms with E-state index in [-0.39, 0.29) is 24.8 Å². The normalized spacial score (nSPS) is 19.7. The molecule has 6 heteroatoms. The fraction of sp³-hybridized carbons (Fsp3) is 0.333. The first-order valence-electron chi connectivity index (χ1n) is 5.48. The zero-order valence-electron chi connectivity index (χ0n) is 9.51. The Hall–Kier alpha value is -1.04. The van der Waals surface area contributed by atoms with Crippen molar-refractivity contribution in [2.45, 2.75) is 11.7 Å². The van der Waals surface area contributed by atoms with Gasteiger partial charge in [-0.2, -0.15) is 0 Å². The molecule has 1 aromatic carbocycles. The summed E-state index contributed by atoms with van der Waals surface area (Å²) >= 11 is 7.15. The van der Waals surface area contributed by atoms with E-state index >= 15 is 0 Å². The summed E-state index contributed by atoms with van der Waals surface area (Å²) in [7, 11) is 0. The molecule has 1 saturated heterocycles. The lowest BCUT2D eigenvalue weighted by molar-refractivity contribution is -0.121. The highest BCUT2D eigenvalue weighted by Gasteiger charge is 2.39. The second-order valence-corrected chi connectivity index (χ2v) is 5.58. The van der Waals surface area contributed by atoms with Crippen molar-refractivity contribution >= 4 is 40.9 Å². The Morgan fingerprint density at radius 3 is 2.89 bits per heavy atom. The number of carbonyl (C=O) groups excluding carboxylic acids is 2. The molecule has 0 aromatic heterocycles. The topological polar surface area (TPSA) is 57.6 Å². The summed E-state index contributed by atoms with van der Waals surface area (Å²) in [6.07, 6.45) is 0.177. The van der Waals surface area contributed by atoms with E-state index in [2.05, 4.69) is 0 Å². The molecule has 0 bridgehead atoms. The van der Waals surface area contributed by atoms with E-state index in [4.69, 9.17) is 16.7 Å². The molecule has 0 radical (unpaired) electrons. The fourth-order valence-corrected chi connectivity index (χ4v) is 2.90. The Morgan fingerprint density at radius 1 is 1.44 bits per heavy atom. The first-order valence-corrected chi connectivity index (χ1v) is 6.91. The molecule has 0 unspecified atom stereocenters. The Bertz CT molecular complexity index is 480. The quantitative estimate of drug-likeness (QED) is 0.856. The first-order chi connectivity index (χ1) is 8.63. The third kappa shape index (κ3) is 2.68. The minimum absolute atomic E-state index is 0.000196. The van der Waals surface area contributed by atoms with Gasteiger partial charge in [-0.25, -0.2) is 4.90 Å². The van der Waals surface area contributed by atoms with Crippen LogP contribution in [0.15, 0.2) is 24.3 Å². The molecule has 1 aliphatic heterocycles. The number of rotatable bonds is 4. The number of thioether (sulfide) groups is 1. The molecule has 96 valence electrons. The highest BCUT2D eigenvalue weighted by molar-refractivity contribution is 8.00. The Labute approximate surface area is 114 Å². The summed E-state index contributed by atoms with van der Waals surface area (Å²) in [5, 5.41) is 8.84. The van der Waals surface area contributed by atoms with Crippen molar-refractivity contribution in [3.8, 4) is 0 Å². The number of aliphatic hydroxyl groups is 1. The van der Waals surface area contributed by atoms with Crippen LogP contribution >= 0.6 is 23.4 Å². The number of aliphatic hydroxyl groups excluding tert-OH is 1. The average molecular weight is 286 g/mol. The highest BCUT2D eigenvalue weighted by Crippen LogP contribution is 2.30. The van der Waals surface area contributed by atoms with E-state index < -0.39 is 5.25 Å². The zero-order valence-corrected chi connectivity index (χ0v) is 11.1. The molecule has 1 atom stereocenters. The largest absolute Gasteiger partial charge is 0.396 e. The van der Waals surface area contributed by atoms with E-state index in [1.807, 2.05) is 0 Å². The van der Waals surface area contributed by atoms with Gasteiger partial charge in [0.1, 0.15) is 0 Å². The third-order valence-electron chi connectivity index (χ3n) is 2.58. The molecule has 0 saturated carbocycles. The summed E-state index contributed by atoms with van der Waals surface area (Å²) in [6.45, 7) is -0.000196. The molecule has 4 nitrogen and oxygen atoms in total. The Morgan fingerprint density at radius 2 is 2.22 bits per heavy atom. The van der Waals surface area contributed by atoms with Crippen LogP contribution in [0.2, 0.25) is 5.02 Å². The number of benzene rings is 1. The number of amides is 2. The van der Waals surface area contributed by atoms with Crippen LogP contribution in [-0.4, -0.2) is 34.5 Å². The van der Waals surface area contributed by atoms with Gasteiger partial charge in [0, 0.05) is 17.2 Å². The first kappa shape index (κ1) is 13.4. The standard InChI is InChI=1S/C12H12ClNO3S/c13-8-2-1-3-9(6-8)14-11(16)7-10(12(14)17)18-5-4-15/h1-3,6,10,15H,4-5,7H2/t10-/m0/s1. The van der Waals surface area contributed by atoms with Crippen LogP contribution in [0.3, 0.4) is 0 Å². The summed E-state index contributed by atoms with van der Waals surface area (Å²) < 4.78 is 0. The maximum absolute atomic E-state index is 12.1. The van der Waals surface area contributed by atoms with Crippen molar-refractivity contribution in [3.05, 3.63) is 29.3 Å². The lowest BCUT2D eigenvalue weighted by atomic mass is 10.3. The van der Waals surface area contributed by atoms with Crippen LogP contribution in [0.5, 0.6) is 0 Å². The second kappa shape index (κ2) is 5.73. The van der Waals surface area contributed by atoms with E-state index in [0.717, 1.165) is 0 Å². The van der Waals surface area contributed by atoms with Gasteiger partial charge in [-0.15, -0.1) is 11.8 Å². The number of imide groups is 1. The lowest BCUT2D eigenvalue weighted by Crippen LogP contribution is -2.31. The van der Waals surface area contributed by atoms with Crippen LogP contribution in [-0.2, 0) is 9.59 Å². The molecule has 0 aliphatic carbocycles. The number of hydrogen-bond acceptors (Lipinski definition) is 4. The summed E-state index contributed by atoms with van der Waals surface area (Å²) in [4.78, 5) is 25.1. The summed E-state index contributed by atoms with van der Waals surface area (Å²) in [6, 6.07) is 6.66. The minimum atomic E-state index is -0.399. The molecule has 0 spiro atoms. The van der Waals surface area contributed by atoms with Crippen LogP contribution in [0.1, 0.15) is 6.42 Å². The maximum atomic E-state index is 12.1. The second-order valence-electron chi connectivity index (χ2n) is 3.83. The fourth-order valence-electron chi connectivity index (χ4n) is 1.82. The molecule has 2 amide bonds. The van der Waals surface area contributed by atoms with Crippen LogP contribution in [0.4, 0.5) is 5.69 Å². The zero-order chi connectivity index (χ0) is 13.1. The lowest BCUT2D eigenvalue weighted by Gasteiger charge is -2.14. The Kier molecular flexibility index (Phi) is 4.27. The van der Waals surface area contributed by atoms with Gasteiger partial charge in [0.2, 0.25) is 11.8 Å². The van der Waals surface area contributed by atoms with E-state index in [1.54, 1.807) is 24.3 Å². The third-order valence-corrected chi connectivity index (χ3v) is 4.01. The van der Waals surface area contributed by atoms with Crippen molar-refractivity contribution in [3.63, 3.8) is 0 Å². The van der Waals surface area contributed by atoms with Crippen molar-refractivity contribution in [2.24, 2.45) is 0 Å². The predicted molar refractivity (Wildman–Crippen MR) is 71.9 cm³/mol. The molecule has 1 aromatic rings. The average Bonchev–Trinajstić information content (AvgIpc) is 2.62. The molecule has 2 rings (SSSR count). The number of carbonyl (C=O) groups is 2. The van der Waals surface area contributed by atoms with Gasteiger partial charge >= 0.3 is 0 Å². The van der Waals surface area contributed by atoms with E-state index in [9.17, 15) is 9.59 Å². The van der Waals surface area contributed by atoms with Gasteiger partial charge in [-0.3, -0.25) is 9.59 Å². The SMILES string of the molecule is O=C1C[C@H](SCCO)C(=O)N1c1cccc(Cl)c1. The van der Waals surface area contributed by atoms with Crippen molar-refractivity contribution < 1.29 is 14.7 Å². The summed E-state index contributed by atoms with van der Waals surface area (Å²) in [5.41, 5.74) is 0.504. The molecule has 1 N–H and O–H groups in total. The van der Waals surface area contributed by atoms with Crippen LogP contribution in [0, 0.1) is 0 Å². The maximum Gasteiger partial charge on any atom is 0.247 e. The molecular weight excluding hydrogens is 274 g/mol. The van der Waals surface area contributed by atoms with Crippen molar-refractivity contribution in [1.82, 2.24) is 0 Å². The number of hydrogen-bond donors (Lipinski definition) is 1. The molecule has 1 fully saturated rings. The smallest absolute Gasteiger partial charge is 0.247 e. The summed E-state index contributed by atoms with van der Waals surface area (Å²) in [5.74, 6) is -0.00833. The van der Waals surface area contributed by atoms with E-state index in [1.165, 1.54) is 16.7 Å². The van der Waals surface area contributed by atoms with Gasteiger partial charge in [-0.1, -0.05) is 17.7 Å². The van der Waals surface area contributed by atoms with Crippen LogP contribution < -0.4 is 4.90 Å². The Balaban J connectivity index is 2.19. The van der Waals surface area contributed by atoms with Gasteiger partial charge in [-0.05, 0) is 18.2 Å². The highest BCUT2D eigenvalue weighted by atomic mass is 35.5. The van der Waals surface area contributed by atoms with Gasteiger partial charge in [0.25, 0.3) is 0 Å². The number of anilines is 1. The monoisotopic (exact) mass is 285 g/mol. The van der Waals surface area contributed by atoms with Crippen molar-refractivity contribution in [1.29, 1.82) is 0 Å². The molecule has 1 aliphatic rings. The van der Waals surface area contributed by atoms with Crippen LogP contribution in [0.25, 0.3) is 0 Å². The molecule has 1 heterocycles. The van der Waals surface area contributed by atoms with Gasteiger partial charge < -0.3 is 5.11 Å². The van der Waals surface area contributed by atoms with Gasteiger partial charge in [0.15, 0.2) is 0 Å². The molecule has 18 heavy (non-hydrogen) atoms. The predicted octanol–water partition coefficient (Wildman–Crippen LogP) is 1.70. The molecular formula is C12H12ClNO3S. The number of halogens is 1. The number of nitrogens with zero attached hydrogens (tertiary/aromatic N) is 1. The van der Waals surface area contributed by atoms with Crippen molar-refractivity contribution in [2.75, 3.05) is 17.3 Å².